The molecule has 12 nitrogen and oxygen atoms in total. The first kappa shape index (κ1) is 35.4. The maximum Gasteiger partial charge on any atom is 0.340 e. The van der Waals surface area contributed by atoms with Crippen molar-refractivity contribution in [2.75, 3.05) is 6.61 Å². The van der Waals surface area contributed by atoms with E-state index in [0.29, 0.717) is 9.04 Å². The molecule has 1 aromatic heterocycles. The molecule has 258 valence electrons. The molecular formula is C37H26Br2N2O10. The lowest BCUT2D eigenvalue weighted by Gasteiger charge is -2.25. The molecule has 6 rings (SSSR count). The summed E-state index contributed by atoms with van der Waals surface area (Å²) >= 11 is 6.60. The second kappa shape index (κ2) is 15.6. The third-order valence-electron chi connectivity index (χ3n) is 7.83. The van der Waals surface area contributed by atoms with E-state index in [9.17, 15) is 28.8 Å². The van der Waals surface area contributed by atoms with Gasteiger partial charge in [0.1, 0.15) is 12.7 Å². The highest BCUT2D eigenvalue weighted by molar-refractivity contribution is 9.10. The topological polar surface area (TPSA) is 149 Å². The van der Waals surface area contributed by atoms with E-state index in [-0.39, 0.29) is 22.3 Å². The van der Waals surface area contributed by atoms with Gasteiger partial charge >= 0.3 is 23.6 Å². The van der Waals surface area contributed by atoms with Crippen LogP contribution < -0.4 is 11.2 Å². The summed E-state index contributed by atoms with van der Waals surface area (Å²) in [6, 6.07) is 29.3. The summed E-state index contributed by atoms with van der Waals surface area (Å²) in [5.74, 6) is -3.33. The van der Waals surface area contributed by atoms with E-state index in [0.717, 1.165) is 21.3 Å². The largest absolute Gasteiger partial charge is 0.459 e. The minimum Gasteiger partial charge on any atom is -0.459 e. The third kappa shape index (κ3) is 7.98. The molecule has 1 aliphatic heterocycles. The van der Waals surface area contributed by atoms with Crippen LogP contribution in [-0.4, -0.2) is 57.9 Å². The number of nitrogens with zero attached hydrogens (tertiary/aromatic N) is 2. The second-order valence-corrected chi connectivity index (χ2v) is 13.0. The van der Waals surface area contributed by atoms with Gasteiger partial charge in [-0.25, -0.2) is 19.2 Å². The van der Waals surface area contributed by atoms with E-state index in [1.807, 2.05) is 0 Å². The van der Waals surface area contributed by atoms with Crippen molar-refractivity contribution in [3.05, 3.63) is 173 Å². The molecule has 1 aliphatic rings. The smallest absolute Gasteiger partial charge is 0.340 e. The fourth-order valence-electron chi connectivity index (χ4n) is 5.29. The first-order valence-corrected chi connectivity index (χ1v) is 16.9. The van der Waals surface area contributed by atoms with Crippen LogP contribution in [0.5, 0.6) is 0 Å². The van der Waals surface area contributed by atoms with Gasteiger partial charge in [-0.05, 0) is 72.8 Å². The Balaban J connectivity index is 1.41. The van der Waals surface area contributed by atoms with Gasteiger partial charge in [0.15, 0.2) is 18.4 Å². The summed E-state index contributed by atoms with van der Waals surface area (Å²) in [7, 11) is 0. The van der Waals surface area contributed by atoms with Crippen LogP contribution in [0, 0.1) is 0 Å². The Morgan fingerprint density at radius 2 is 1.10 bits per heavy atom. The number of esters is 3. The van der Waals surface area contributed by atoms with E-state index < -0.39 is 66.2 Å². The number of carbonyl (C=O) groups excluding carboxylic acids is 4. The van der Waals surface area contributed by atoms with E-state index >= 15 is 0 Å². The van der Waals surface area contributed by atoms with E-state index in [1.165, 1.54) is 48.5 Å². The molecule has 4 atom stereocenters. The van der Waals surface area contributed by atoms with Gasteiger partial charge in [0.25, 0.3) is 11.5 Å². The Labute approximate surface area is 306 Å². The van der Waals surface area contributed by atoms with Crippen LogP contribution in [0.15, 0.2) is 140 Å². The Morgan fingerprint density at radius 1 is 0.608 bits per heavy atom. The highest BCUT2D eigenvalue weighted by Gasteiger charge is 2.52. The zero-order chi connectivity index (χ0) is 36.1. The van der Waals surface area contributed by atoms with Crippen LogP contribution in [0.1, 0.15) is 47.7 Å². The first-order chi connectivity index (χ1) is 24.6. The van der Waals surface area contributed by atoms with Gasteiger partial charge in [0.05, 0.1) is 16.7 Å². The molecule has 0 aliphatic carbocycles. The van der Waals surface area contributed by atoms with Crippen molar-refractivity contribution < 1.29 is 38.1 Å². The third-order valence-corrected chi connectivity index (χ3v) is 8.89. The standard InChI is InChI=1S/C37H26Br2N2O10/c38-26-15-11-22(12-16-26)32(43)41-29(42)19-20-40(37(41)47)33-31(51-36(46)24-9-5-2-6-10-24)30(50-35(45)23-7-3-1-4-8-23)28(49-33)21-48-34(44)25-13-17-27(39)18-14-25/h1-20,28,30-31,33H,21H2/t28-,30+,31-,33+/m1/s1. The van der Waals surface area contributed by atoms with Crippen molar-refractivity contribution in [2.45, 2.75) is 24.5 Å². The number of benzene rings is 4. The fourth-order valence-corrected chi connectivity index (χ4v) is 5.82. The average molecular weight is 818 g/mol. The van der Waals surface area contributed by atoms with Crippen molar-refractivity contribution in [3.8, 4) is 0 Å². The van der Waals surface area contributed by atoms with Gasteiger partial charge in [-0.2, -0.15) is 4.57 Å². The summed E-state index contributed by atoms with van der Waals surface area (Å²) in [4.78, 5) is 80.3. The van der Waals surface area contributed by atoms with Crippen molar-refractivity contribution in [3.63, 3.8) is 0 Å². The molecule has 51 heavy (non-hydrogen) atoms. The predicted molar refractivity (Wildman–Crippen MR) is 188 cm³/mol. The first-order valence-electron chi connectivity index (χ1n) is 15.4. The van der Waals surface area contributed by atoms with Gasteiger partial charge in [-0.3, -0.25) is 14.2 Å². The SMILES string of the molecule is O=C(OC[C@H]1O[C@H](n2ccc(=O)n(C(=O)c3ccc(Br)cc3)c2=O)[C@H](OC(=O)c2ccccc2)[C@H]1OC(=O)c1ccccc1)c1ccc(Br)cc1. The molecule has 0 amide bonds. The van der Waals surface area contributed by atoms with Crippen LogP contribution in [0.4, 0.5) is 0 Å². The summed E-state index contributed by atoms with van der Waals surface area (Å²) in [6.45, 7) is -0.510. The number of ether oxygens (including phenoxy) is 4. The average Bonchev–Trinajstić information content (AvgIpc) is 3.47. The minimum absolute atomic E-state index is 0.0435. The van der Waals surface area contributed by atoms with Gasteiger partial charge in [-0.15, -0.1) is 0 Å². The minimum atomic E-state index is -1.57. The normalized spacial score (nSPS) is 18.1. The summed E-state index contributed by atoms with van der Waals surface area (Å²) < 4.78 is 26.3. The Kier molecular flexibility index (Phi) is 10.8. The van der Waals surface area contributed by atoms with E-state index in [2.05, 4.69) is 31.9 Å². The Hall–Kier alpha value is -5.44. The number of aromatic nitrogens is 2. The van der Waals surface area contributed by atoms with Crippen molar-refractivity contribution >= 4 is 55.7 Å². The number of rotatable bonds is 9. The van der Waals surface area contributed by atoms with E-state index in [1.54, 1.807) is 60.7 Å². The highest BCUT2D eigenvalue weighted by atomic mass is 79.9. The van der Waals surface area contributed by atoms with Gasteiger partial charge < -0.3 is 18.9 Å². The predicted octanol–water partition coefficient (Wildman–Crippen LogP) is 5.43. The van der Waals surface area contributed by atoms with Gasteiger partial charge in [0, 0.05) is 26.8 Å². The number of hydrogen-bond acceptors (Lipinski definition) is 10. The molecule has 0 radical (unpaired) electrons. The van der Waals surface area contributed by atoms with Crippen LogP contribution in [-0.2, 0) is 18.9 Å². The molecule has 0 spiro atoms. The van der Waals surface area contributed by atoms with Gasteiger partial charge in [-0.1, -0.05) is 68.3 Å². The molecule has 14 heteroatoms. The van der Waals surface area contributed by atoms with Crippen LogP contribution in [0.25, 0.3) is 0 Å². The zero-order valence-corrected chi connectivity index (χ0v) is 29.5. The fraction of sp³-hybridized carbons (Fsp3) is 0.135. The van der Waals surface area contributed by atoms with Crippen LogP contribution in [0.3, 0.4) is 0 Å². The molecule has 2 heterocycles. The maximum absolute atomic E-state index is 14.0. The molecule has 0 saturated carbocycles. The van der Waals surface area contributed by atoms with Gasteiger partial charge in [0.2, 0.25) is 0 Å². The number of hydrogen-bond donors (Lipinski definition) is 0. The maximum atomic E-state index is 14.0. The molecule has 5 aromatic rings. The number of halogens is 2. The quantitative estimate of drug-likeness (QED) is 0.139. The summed E-state index contributed by atoms with van der Waals surface area (Å²) in [6.07, 6.45) is -4.79. The Bertz CT molecular complexity index is 2190. The summed E-state index contributed by atoms with van der Waals surface area (Å²) in [5, 5.41) is 0. The second-order valence-electron chi connectivity index (χ2n) is 11.1. The molecule has 0 bridgehead atoms. The number of carbonyl (C=O) groups is 4. The molecule has 0 unspecified atom stereocenters. The highest BCUT2D eigenvalue weighted by Crippen LogP contribution is 2.35. The van der Waals surface area contributed by atoms with Crippen LogP contribution >= 0.6 is 31.9 Å². The molecule has 4 aromatic carbocycles. The molecule has 1 saturated heterocycles. The van der Waals surface area contributed by atoms with Crippen molar-refractivity contribution in [2.24, 2.45) is 0 Å². The molecule has 0 N–H and O–H groups in total. The lowest BCUT2D eigenvalue weighted by molar-refractivity contribution is -0.0643. The zero-order valence-electron chi connectivity index (χ0n) is 26.3. The van der Waals surface area contributed by atoms with E-state index in [4.69, 9.17) is 18.9 Å². The molecular weight excluding hydrogens is 792 g/mol. The monoisotopic (exact) mass is 816 g/mol. The van der Waals surface area contributed by atoms with Crippen molar-refractivity contribution in [1.82, 2.24) is 9.13 Å². The lowest BCUT2D eigenvalue weighted by atomic mass is 10.1. The molecule has 1 fully saturated rings. The summed E-state index contributed by atoms with van der Waals surface area (Å²) in [5.41, 5.74) is -1.49. The Morgan fingerprint density at radius 3 is 1.65 bits per heavy atom. The van der Waals surface area contributed by atoms with Crippen molar-refractivity contribution in [1.29, 1.82) is 0 Å². The lowest BCUT2D eigenvalue weighted by Crippen LogP contribution is -2.47. The van der Waals surface area contributed by atoms with Crippen LogP contribution in [0.2, 0.25) is 0 Å².